The number of H-pyrrole nitrogens is 1. The number of halogens is 1. The van der Waals surface area contributed by atoms with Crippen LogP contribution in [0.4, 0.5) is 11.9 Å². The molecule has 1 aromatic heterocycles. The third kappa shape index (κ3) is 3.87. The van der Waals surface area contributed by atoms with Crippen molar-refractivity contribution in [3.05, 3.63) is 22.2 Å². The Kier molecular flexibility index (Phi) is 5.42. The highest BCUT2D eigenvalue weighted by atomic mass is 79.9. The largest absolute Gasteiger partial charge is 0.495 e. The molecule has 0 saturated carbocycles. The van der Waals surface area contributed by atoms with Crippen LogP contribution in [0.5, 0.6) is 11.5 Å². The van der Waals surface area contributed by atoms with E-state index in [1.54, 1.807) is 12.1 Å². The number of carbonyl (C=O) groups excluding carboxylic acids is 1. The Labute approximate surface area is 154 Å². The molecule has 1 aliphatic heterocycles. The molecule has 0 aliphatic carbocycles. The van der Waals surface area contributed by atoms with Crippen molar-refractivity contribution in [3.63, 3.8) is 0 Å². The van der Waals surface area contributed by atoms with Gasteiger partial charge in [-0.05, 0) is 47.3 Å². The van der Waals surface area contributed by atoms with Crippen molar-refractivity contribution in [1.82, 2.24) is 15.2 Å². The summed E-state index contributed by atoms with van der Waals surface area (Å²) >= 11 is 3.38. The maximum atomic E-state index is 12.5. The number of aromatic amines is 1. The number of carbonyl (C=O) groups is 1. The fourth-order valence-electron chi connectivity index (χ4n) is 2.72. The van der Waals surface area contributed by atoms with Gasteiger partial charge in [-0.2, -0.15) is 4.98 Å². The molecule has 0 radical (unpaired) electrons. The van der Waals surface area contributed by atoms with Gasteiger partial charge in [0.25, 0.3) is 5.91 Å². The molecule has 25 heavy (non-hydrogen) atoms. The number of nitrogens with zero attached hydrogens (tertiary/aromatic N) is 3. The summed E-state index contributed by atoms with van der Waals surface area (Å²) in [5.74, 6) is 1.62. The smallest absolute Gasteiger partial charge is 0.258 e. The molecule has 0 bridgehead atoms. The molecule has 8 nitrogen and oxygen atoms in total. The molecule has 9 heteroatoms. The van der Waals surface area contributed by atoms with E-state index >= 15 is 0 Å². The van der Waals surface area contributed by atoms with E-state index < -0.39 is 0 Å². The Morgan fingerprint density at radius 2 is 1.84 bits per heavy atom. The Balaban J connectivity index is 1.75. The topological polar surface area (TPSA) is 92.4 Å². The Bertz CT molecular complexity index is 733. The van der Waals surface area contributed by atoms with E-state index in [1.165, 1.54) is 20.6 Å². The number of methoxy groups -OCH3 is 2. The van der Waals surface area contributed by atoms with Gasteiger partial charge < -0.3 is 14.4 Å². The summed E-state index contributed by atoms with van der Waals surface area (Å²) in [5, 5.41) is 9.67. The first-order valence-corrected chi connectivity index (χ1v) is 8.82. The molecule has 0 atom stereocenters. The number of benzene rings is 1. The highest BCUT2D eigenvalue weighted by Gasteiger charge is 2.18. The van der Waals surface area contributed by atoms with E-state index in [9.17, 15) is 4.79 Å². The molecule has 0 spiro atoms. The maximum Gasteiger partial charge on any atom is 0.258 e. The number of piperidine rings is 1. The van der Waals surface area contributed by atoms with Crippen molar-refractivity contribution in [2.45, 2.75) is 19.3 Å². The monoisotopic (exact) mass is 409 g/mol. The van der Waals surface area contributed by atoms with Crippen LogP contribution in [-0.2, 0) is 0 Å². The van der Waals surface area contributed by atoms with Crippen LogP contribution in [0.2, 0.25) is 0 Å². The van der Waals surface area contributed by atoms with E-state index in [0.29, 0.717) is 33.4 Å². The highest BCUT2D eigenvalue weighted by Crippen LogP contribution is 2.35. The summed E-state index contributed by atoms with van der Waals surface area (Å²) in [4.78, 5) is 19.0. The van der Waals surface area contributed by atoms with Crippen molar-refractivity contribution < 1.29 is 14.3 Å². The van der Waals surface area contributed by atoms with Gasteiger partial charge in [0.1, 0.15) is 16.0 Å². The second kappa shape index (κ2) is 7.73. The molecule has 2 N–H and O–H groups in total. The lowest BCUT2D eigenvalue weighted by Gasteiger charge is -2.24. The standard InChI is InChI=1S/C16H20BrN5O3/c1-24-11-8-10(9-12(25-2)13(11)17)14(23)18-15-19-16(21-20-15)22-6-4-3-5-7-22/h8-9H,3-7H2,1-2H3,(H2,18,19,20,21,23). The third-order valence-corrected chi connectivity index (χ3v) is 4.83. The second-order valence-electron chi connectivity index (χ2n) is 5.68. The summed E-state index contributed by atoms with van der Waals surface area (Å²) in [7, 11) is 3.06. The molecule has 3 rings (SSSR count). The van der Waals surface area contributed by atoms with Crippen molar-refractivity contribution in [2.75, 3.05) is 37.5 Å². The van der Waals surface area contributed by atoms with Crippen LogP contribution in [-0.4, -0.2) is 48.4 Å². The summed E-state index contributed by atoms with van der Waals surface area (Å²) in [6.45, 7) is 1.87. The number of hydrogen-bond donors (Lipinski definition) is 2. The van der Waals surface area contributed by atoms with Gasteiger partial charge in [-0.15, -0.1) is 5.10 Å². The highest BCUT2D eigenvalue weighted by molar-refractivity contribution is 9.10. The molecular weight excluding hydrogens is 390 g/mol. The van der Waals surface area contributed by atoms with Crippen LogP contribution in [0.25, 0.3) is 0 Å². The molecule has 1 aliphatic rings. The maximum absolute atomic E-state index is 12.5. The van der Waals surface area contributed by atoms with Crippen molar-refractivity contribution >= 4 is 33.7 Å². The fraction of sp³-hybridized carbons (Fsp3) is 0.438. The molecular formula is C16H20BrN5O3. The van der Waals surface area contributed by atoms with E-state index in [2.05, 4.69) is 41.3 Å². The normalized spacial score (nSPS) is 14.3. The first-order valence-electron chi connectivity index (χ1n) is 8.02. The number of amides is 1. The number of nitrogens with one attached hydrogen (secondary N) is 2. The molecule has 1 saturated heterocycles. The van der Waals surface area contributed by atoms with Crippen molar-refractivity contribution in [3.8, 4) is 11.5 Å². The number of hydrogen-bond acceptors (Lipinski definition) is 6. The number of aromatic nitrogens is 3. The first-order chi connectivity index (χ1) is 12.1. The van der Waals surface area contributed by atoms with E-state index in [4.69, 9.17) is 9.47 Å². The molecule has 2 aromatic rings. The van der Waals surface area contributed by atoms with Gasteiger partial charge in [0.15, 0.2) is 0 Å². The Hall–Kier alpha value is -2.29. The quantitative estimate of drug-likeness (QED) is 0.788. The summed E-state index contributed by atoms with van der Waals surface area (Å²) in [5.41, 5.74) is 0.396. The predicted octanol–water partition coefficient (Wildman–Crippen LogP) is 2.83. The third-order valence-electron chi connectivity index (χ3n) is 4.05. The van der Waals surface area contributed by atoms with Gasteiger partial charge in [-0.1, -0.05) is 0 Å². The van der Waals surface area contributed by atoms with Crippen LogP contribution < -0.4 is 19.7 Å². The lowest BCUT2D eigenvalue weighted by Crippen LogP contribution is -2.30. The van der Waals surface area contributed by atoms with Gasteiger partial charge in [0, 0.05) is 18.7 Å². The van der Waals surface area contributed by atoms with Crippen LogP contribution in [0.3, 0.4) is 0 Å². The zero-order valence-corrected chi connectivity index (χ0v) is 15.7. The molecule has 1 amide bonds. The molecule has 1 aromatic carbocycles. The predicted molar refractivity (Wildman–Crippen MR) is 97.6 cm³/mol. The molecule has 0 unspecified atom stereocenters. The lowest BCUT2D eigenvalue weighted by atomic mass is 10.1. The van der Waals surface area contributed by atoms with E-state index in [0.717, 1.165) is 25.9 Å². The Morgan fingerprint density at radius 3 is 2.44 bits per heavy atom. The lowest BCUT2D eigenvalue weighted by molar-refractivity contribution is 0.102. The zero-order chi connectivity index (χ0) is 17.8. The second-order valence-corrected chi connectivity index (χ2v) is 6.47. The van der Waals surface area contributed by atoms with Crippen LogP contribution >= 0.6 is 15.9 Å². The van der Waals surface area contributed by atoms with E-state index in [-0.39, 0.29) is 5.91 Å². The zero-order valence-electron chi connectivity index (χ0n) is 14.1. The average molecular weight is 410 g/mol. The fourth-order valence-corrected chi connectivity index (χ4v) is 3.28. The number of anilines is 2. The number of ether oxygens (including phenoxy) is 2. The summed E-state index contributed by atoms with van der Waals surface area (Å²) < 4.78 is 11.2. The molecule has 1 fully saturated rings. The Morgan fingerprint density at radius 1 is 1.20 bits per heavy atom. The van der Waals surface area contributed by atoms with Gasteiger partial charge in [0.2, 0.25) is 11.9 Å². The summed E-state index contributed by atoms with van der Waals surface area (Å²) in [6, 6.07) is 3.26. The molecule has 134 valence electrons. The minimum Gasteiger partial charge on any atom is -0.495 e. The summed E-state index contributed by atoms with van der Waals surface area (Å²) in [6.07, 6.45) is 3.50. The van der Waals surface area contributed by atoms with Crippen LogP contribution in [0.15, 0.2) is 16.6 Å². The van der Waals surface area contributed by atoms with Gasteiger partial charge in [-0.3, -0.25) is 10.1 Å². The van der Waals surface area contributed by atoms with Crippen molar-refractivity contribution in [1.29, 1.82) is 0 Å². The van der Waals surface area contributed by atoms with Gasteiger partial charge in [-0.25, -0.2) is 5.10 Å². The minimum absolute atomic E-state index is 0.312. The first kappa shape index (κ1) is 17.5. The van der Waals surface area contributed by atoms with Gasteiger partial charge in [0.05, 0.1) is 14.2 Å². The van der Waals surface area contributed by atoms with Crippen LogP contribution in [0, 0.1) is 0 Å². The number of rotatable bonds is 5. The van der Waals surface area contributed by atoms with Crippen LogP contribution in [0.1, 0.15) is 29.6 Å². The molecule has 2 heterocycles. The SMILES string of the molecule is COc1cc(C(=O)Nc2nc(N3CCCCC3)n[nH]2)cc(OC)c1Br. The average Bonchev–Trinajstić information content (AvgIpc) is 3.11. The van der Waals surface area contributed by atoms with Gasteiger partial charge >= 0.3 is 0 Å². The minimum atomic E-state index is -0.328. The van der Waals surface area contributed by atoms with Crippen molar-refractivity contribution in [2.24, 2.45) is 0 Å². The van der Waals surface area contributed by atoms with E-state index in [1.807, 2.05) is 0 Å².